The zero-order valence-corrected chi connectivity index (χ0v) is 8.67. The van der Waals surface area contributed by atoms with Gasteiger partial charge in [0.15, 0.2) is 6.04 Å². The average molecular weight is 231 g/mol. The molecule has 0 saturated heterocycles. The van der Waals surface area contributed by atoms with Gasteiger partial charge in [-0.05, 0) is 6.92 Å². The summed E-state index contributed by atoms with van der Waals surface area (Å²) >= 11 is 0. The summed E-state index contributed by atoms with van der Waals surface area (Å²) in [6.45, 7) is 1.84. The molecule has 7 heteroatoms. The first-order valence-electron chi connectivity index (χ1n) is 4.68. The van der Waals surface area contributed by atoms with Crippen LogP contribution in [0, 0.1) is 0 Å². The highest BCUT2D eigenvalue weighted by Crippen LogP contribution is 2.05. The first-order valence-corrected chi connectivity index (χ1v) is 4.68. The van der Waals surface area contributed by atoms with Crippen molar-refractivity contribution in [2.45, 2.75) is 19.1 Å². The van der Waals surface area contributed by atoms with Gasteiger partial charge in [0.1, 0.15) is 19.5 Å². The van der Waals surface area contributed by atoms with Crippen LogP contribution in [-0.4, -0.2) is 47.4 Å². The second-order valence-electron chi connectivity index (χ2n) is 3.23. The van der Waals surface area contributed by atoms with Crippen LogP contribution in [0.5, 0.6) is 0 Å². The highest BCUT2D eigenvalue weighted by molar-refractivity contribution is 5.94. The first kappa shape index (κ1) is 12.3. The zero-order valence-electron chi connectivity index (χ0n) is 8.67. The van der Waals surface area contributed by atoms with Gasteiger partial charge < -0.3 is 25.0 Å². The van der Waals surface area contributed by atoms with Crippen molar-refractivity contribution in [3.8, 4) is 0 Å². The first-order chi connectivity index (χ1) is 7.52. The number of carbonyl (C=O) groups is 2. The average Bonchev–Trinajstić information content (AvgIpc) is 2.25. The molecule has 16 heavy (non-hydrogen) atoms. The van der Waals surface area contributed by atoms with Crippen molar-refractivity contribution in [1.29, 1.82) is 0 Å². The van der Waals surface area contributed by atoms with Gasteiger partial charge in [-0.25, -0.2) is 4.79 Å². The van der Waals surface area contributed by atoms with Crippen LogP contribution in [0.4, 0.5) is 0 Å². The van der Waals surface area contributed by atoms with Crippen LogP contribution in [0.1, 0.15) is 6.92 Å². The number of rotatable bonds is 4. The minimum Gasteiger partial charge on any atom is -0.494 e. The summed E-state index contributed by atoms with van der Waals surface area (Å²) in [5.41, 5.74) is 0. The third-order valence-corrected chi connectivity index (χ3v) is 1.91. The number of nitrogens with one attached hydrogen (secondary N) is 1. The predicted molar refractivity (Wildman–Crippen MR) is 51.2 cm³/mol. The topological polar surface area (TPSA) is 105 Å². The lowest BCUT2D eigenvalue weighted by Crippen LogP contribution is -2.48. The van der Waals surface area contributed by atoms with Crippen molar-refractivity contribution in [3.05, 3.63) is 12.0 Å². The van der Waals surface area contributed by atoms with Gasteiger partial charge in [-0.3, -0.25) is 4.79 Å². The van der Waals surface area contributed by atoms with E-state index in [2.05, 4.69) is 5.32 Å². The van der Waals surface area contributed by atoms with E-state index in [9.17, 15) is 9.59 Å². The molecule has 2 atom stereocenters. The lowest BCUT2D eigenvalue weighted by Gasteiger charge is -2.19. The van der Waals surface area contributed by atoms with E-state index in [4.69, 9.17) is 19.7 Å². The minimum atomic E-state index is -1.38. The normalized spacial score (nSPS) is 18.5. The van der Waals surface area contributed by atoms with E-state index in [1.165, 1.54) is 6.92 Å². The Morgan fingerprint density at radius 1 is 1.50 bits per heavy atom. The van der Waals surface area contributed by atoms with Crippen molar-refractivity contribution < 1.29 is 29.3 Å². The van der Waals surface area contributed by atoms with Crippen LogP contribution >= 0.6 is 0 Å². The highest BCUT2D eigenvalue weighted by Gasteiger charge is 2.27. The fourth-order valence-electron chi connectivity index (χ4n) is 1.09. The smallest absolute Gasteiger partial charge is 0.328 e. The molecule has 3 N–H and O–H groups in total. The molecule has 1 heterocycles. The highest BCUT2D eigenvalue weighted by atomic mass is 16.6. The molecule has 0 fully saturated rings. The fraction of sp³-hybridized carbons (Fsp3) is 0.556. The van der Waals surface area contributed by atoms with Crippen LogP contribution in [0.15, 0.2) is 12.0 Å². The van der Waals surface area contributed by atoms with Gasteiger partial charge in [0.25, 0.3) is 5.91 Å². The Hall–Kier alpha value is -1.76. The van der Waals surface area contributed by atoms with Crippen LogP contribution in [0.3, 0.4) is 0 Å². The minimum absolute atomic E-state index is 0.0989. The van der Waals surface area contributed by atoms with Crippen molar-refractivity contribution in [1.82, 2.24) is 5.32 Å². The molecule has 0 aromatic heterocycles. The SMILES string of the molecule is CC(O)C(NC(=O)C1=COCCO1)C(=O)O. The van der Waals surface area contributed by atoms with E-state index in [-0.39, 0.29) is 12.4 Å². The molecular weight excluding hydrogens is 218 g/mol. The largest absolute Gasteiger partial charge is 0.494 e. The summed E-state index contributed by atoms with van der Waals surface area (Å²) in [7, 11) is 0. The molecule has 1 aliphatic heterocycles. The van der Waals surface area contributed by atoms with Crippen molar-refractivity contribution >= 4 is 11.9 Å². The number of carboxylic acid groups (broad SMARTS) is 1. The third kappa shape index (κ3) is 3.13. The van der Waals surface area contributed by atoms with E-state index in [0.29, 0.717) is 6.61 Å². The van der Waals surface area contributed by atoms with Crippen LogP contribution < -0.4 is 5.32 Å². The number of aliphatic carboxylic acids is 1. The summed E-state index contributed by atoms with van der Waals surface area (Å²) in [5.74, 6) is -2.15. The predicted octanol–water partition coefficient (Wildman–Crippen LogP) is -1.18. The van der Waals surface area contributed by atoms with E-state index < -0.39 is 24.0 Å². The Kier molecular flexibility index (Phi) is 4.12. The van der Waals surface area contributed by atoms with Gasteiger partial charge in [-0.2, -0.15) is 0 Å². The van der Waals surface area contributed by atoms with Gasteiger partial charge in [0.2, 0.25) is 5.76 Å². The van der Waals surface area contributed by atoms with Gasteiger partial charge in [0, 0.05) is 0 Å². The van der Waals surface area contributed by atoms with Gasteiger partial charge in [0.05, 0.1) is 6.10 Å². The molecule has 2 unspecified atom stereocenters. The Bertz CT molecular complexity index is 311. The van der Waals surface area contributed by atoms with Crippen molar-refractivity contribution in [2.75, 3.05) is 13.2 Å². The molecular formula is C9H13NO6. The maximum Gasteiger partial charge on any atom is 0.328 e. The fourth-order valence-corrected chi connectivity index (χ4v) is 1.09. The summed E-state index contributed by atoms with van der Waals surface area (Å²) in [5, 5.41) is 20.0. The Balaban J connectivity index is 2.61. The van der Waals surface area contributed by atoms with Crippen molar-refractivity contribution in [3.63, 3.8) is 0 Å². The number of hydrogen-bond donors (Lipinski definition) is 3. The molecule has 0 aromatic rings. The summed E-state index contributed by atoms with van der Waals surface area (Å²) in [4.78, 5) is 22.2. The molecule has 0 aromatic carbocycles. The second-order valence-corrected chi connectivity index (χ2v) is 3.23. The zero-order chi connectivity index (χ0) is 12.1. The van der Waals surface area contributed by atoms with Crippen LogP contribution in [0.2, 0.25) is 0 Å². The second kappa shape index (κ2) is 5.36. The molecule has 1 rings (SSSR count). The number of amides is 1. The number of aliphatic hydroxyl groups excluding tert-OH is 1. The molecule has 0 aliphatic carbocycles. The molecule has 0 bridgehead atoms. The number of carboxylic acids is 1. The summed E-state index contributed by atoms with van der Waals surface area (Å²) < 4.78 is 9.80. The molecule has 90 valence electrons. The van der Waals surface area contributed by atoms with E-state index in [1.54, 1.807) is 0 Å². The number of carbonyl (C=O) groups excluding carboxylic acids is 1. The Labute approximate surface area is 91.7 Å². The van der Waals surface area contributed by atoms with Gasteiger partial charge >= 0.3 is 5.97 Å². The van der Waals surface area contributed by atoms with Crippen molar-refractivity contribution in [2.24, 2.45) is 0 Å². The Morgan fingerprint density at radius 3 is 2.62 bits per heavy atom. The van der Waals surface area contributed by atoms with E-state index in [0.717, 1.165) is 6.26 Å². The molecule has 0 radical (unpaired) electrons. The maximum absolute atomic E-state index is 11.5. The number of hydrogen-bond acceptors (Lipinski definition) is 5. The molecule has 0 spiro atoms. The maximum atomic E-state index is 11.5. The standard InChI is InChI=1S/C9H13NO6/c1-5(11)7(9(13)14)10-8(12)6-4-15-2-3-16-6/h4-5,7,11H,2-3H2,1H3,(H,10,12)(H,13,14). The van der Waals surface area contributed by atoms with Crippen LogP contribution in [0.25, 0.3) is 0 Å². The monoisotopic (exact) mass is 231 g/mol. The Morgan fingerprint density at radius 2 is 2.19 bits per heavy atom. The van der Waals surface area contributed by atoms with E-state index >= 15 is 0 Å². The third-order valence-electron chi connectivity index (χ3n) is 1.91. The number of ether oxygens (including phenoxy) is 2. The lowest BCUT2D eigenvalue weighted by atomic mass is 10.2. The van der Waals surface area contributed by atoms with Crippen LogP contribution in [-0.2, 0) is 19.1 Å². The molecule has 7 nitrogen and oxygen atoms in total. The van der Waals surface area contributed by atoms with Gasteiger partial charge in [-0.15, -0.1) is 0 Å². The molecule has 1 amide bonds. The lowest BCUT2D eigenvalue weighted by molar-refractivity contribution is -0.144. The van der Waals surface area contributed by atoms with E-state index in [1.807, 2.05) is 0 Å². The molecule has 1 aliphatic rings. The summed E-state index contributed by atoms with van der Waals surface area (Å²) in [6.07, 6.45) is -0.0914. The van der Waals surface area contributed by atoms with Gasteiger partial charge in [-0.1, -0.05) is 0 Å². The molecule has 0 saturated carbocycles. The summed E-state index contributed by atoms with van der Waals surface area (Å²) in [6, 6.07) is -1.38. The number of aliphatic hydroxyl groups is 1. The quantitative estimate of drug-likeness (QED) is 0.562.